The molecule has 25 heavy (non-hydrogen) atoms. The Labute approximate surface area is 142 Å². The van der Waals surface area contributed by atoms with E-state index >= 15 is 0 Å². The van der Waals surface area contributed by atoms with Crippen molar-refractivity contribution < 1.29 is 23.8 Å². The van der Waals surface area contributed by atoms with Crippen molar-refractivity contribution in [2.45, 2.75) is 0 Å². The molecule has 1 heterocycles. The second-order valence-electron chi connectivity index (χ2n) is 5.05. The lowest BCUT2D eigenvalue weighted by atomic mass is 10.1. The zero-order chi connectivity index (χ0) is 18.0. The van der Waals surface area contributed by atoms with E-state index in [0.717, 1.165) is 0 Å². The fourth-order valence-corrected chi connectivity index (χ4v) is 2.40. The average molecular weight is 343 g/mol. The Morgan fingerprint density at radius 1 is 1.12 bits per heavy atom. The Kier molecular flexibility index (Phi) is 4.34. The number of hydrogen-bond acceptors (Lipinski definition) is 5. The molecule has 0 amide bonds. The van der Waals surface area contributed by atoms with Gasteiger partial charge in [-0.1, -0.05) is 5.21 Å². The van der Waals surface area contributed by atoms with Gasteiger partial charge in [-0.2, -0.15) is 0 Å². The van der Waals surface area contributed by atoms with Crippen LogP contribution in [0.2, 0.25) is 0 Å². The van der Waals surface area contributed by atoms with Crippen molar-refractivity contribution in [2.24, 2.45) is 0 Å². The molecule has 8 heteroatoms. The molecule has 0 saturated heterocycles. The number of rotatable bonds is 5. The predicted octanol–water partition coefficient (Wildman–Crippen LogP) is 2.79. The van der Waals surface area contributed by atoms with Crippen molar-refractivity contribution in [1.29, 1.82) is 0 Å². The van der Waals surface area contributed by atoms with Gasteiger partial charge < -0.3 is 14.6 Å². The van der Waals surface area contributed by atoms with Gasteiger partial charge in [0.15, 0.2) is 17.3 Å². The summed E-state index contributed by atoms with van der Waals surface area (Å²) in [5, 5.41) is 17.0. The summed E-state index contributed by atoms with van der Waals surface area (Å²) in [6.45, 7) is 0. The Balaban J connectivity index is 2.17. The van der Waals surface area contributed by atoms with E-state index in [2.05, 4.69) is 10.3 Å². The number of carbonyl (C=O) groups is 1. The molecule has 7 nitrogen and oxygen atoms in total. The minimum Gasteiger partial charge on any atom is -0.497 e. The van der Waals surface area contributed by atoms with Crippen LogP contribution in [-0.4, -0.2) is 40.3 Å². The van der Waals surface area contributed by atoms with E-state index in [1.54, 1.807) is 30.3 Å². The molecule has 0 radical (unpaired) electrons. The maximum Gasteiger partial charge on any atom is 0.358 e. The number of halogens is 1. The van der Waals surface area contributed by atoms with E-state index in [1.807, 2.05) is 0 Å². The third kappa shape index (κ3) is 3.01. The molecule has 128 valence electrons. The van der Waals surface area contributed by atoms with Crippen LogP contribution in [0.3, 0.4) is 0 Å². The van der Waals surface area contributed by atoms with Crippen LogP contribution in [0.5, 0.6) is 11.5 Å². The quantitative estimate of drug-likeness (QED) is 0.767. The van der Waals surface area contributed by atoms with Gasteiger partial charge in [-0.05, 0) is 36.4 Å². The number of benzene rings is 2. The first-order chi connectivity index (χ1) is 12.0. The fourth-order valence-electron chi connectivity index (χ4n) is 2.40. The molecule has 0 aliphatic carbocycles. The first-order valence-electron chi connectivity index (χ1n) is 7.22. The van der Waals surface area contributed by atoms with Gasteiger partial charge in [0.05, 0.1) is 19.9 Å². The topological polar surface area (TPSA) is 86.5 Å². The van der Waals surface area contributed by atoms with Crippen LogP contribution in [0.4, 0.5) is 4.39 Å². The van der Waals surface area contributed by atoms with Gasteiger partial charge >= 0.3 is 5.97 Å². The van der Waals surface area contributed by atoms with E-state index in [1.165, 1.54) is 31.0 Å². The third-order valence-electron chi connectivity index (χ3n) is 3.62. The van der Waals surface area contributed by atoms with E-state index < -0.39 is 11.8 Å². The van der Waals surface area contributed by atoms with E-state index in [9.17, 15) is 14.3 Å². The lowest BCUT2D eigenvalue weighted by Crippen LogP contribution is -2.04. The molecule has 0 spiro atoms. The SMILES string of the molecule is COc1ccc(-c2c(C(=O)O)nnn2-c2ccc(OC)c(F)c2)cc1. The zero-order valence-corrected chi connectivity index (χ0v) is 13.4. The van der Waals surface area contributed by atoms with Gasteiger partial charge in [0, 0.05) is 11.6 Å². The Morgan fingerprint density at radius 2 is 1.84 bits per heavy atom. The number of hydrogen-bond donors (Lipinski definition) is 1. The largest absolute Gasteiger partial charge is 0.497 e. The zero-order valence-electron chi connectivity index (χ0n) is 13.4. The van der Waals surface area contributed by atoms with Crippen molar-refractivity contribution in [3.8, 4) is 28.4 Å². The maximum atomic E-state index is 14.0. The van der Waals surface area contributed by atoms with Crippen LogP contribution in [0.25, 0.3) is 16.9 Å². The monoisotopic (exact) mass is 343 g/mol. The molecule has 0 aliphatic rings. The summed E-state index contributed by atoms with van der Waals surface area (Å²) in [7, 11) is 2.89. The smallest absolute Gasteiger partial charge is 0.358 e. The number of carboxylic acid groups (broad SMARTS) is 1. The first-order valence-corrected chi connectivity index (χ1v) is 7.22. The highest BCUT2D eigenvalue weighted by atomic mass is 19.1. The Morgan fingerprint density at radius 3 is 2.40 bits per heavy atom. The van der Waals surface area contributed by atoms with Gasteiger partial charge in [-0.25, -0.2) is 13.9 Å². The Bertz CT molecular complexity index is 922. The molecular weight excluding hydrogens is 329 g/mol. The van der Waals surface area contributed by atoms with Crippen molar-refractivity contribution >= 4 is 5.97 Å². The Hall–Kier alpha value is -3.42. The molecule has 0 fully saturated rings. The van der Waals surface area contributed by atoms with E-state index in [-0.39, 0.29) is 17.1 Å². The van der Waals surface area contributed by atoms with Gasteiger partial charge in [-0.15, -0.1) is 5.10 Å². The lowest BCUT2D eigenvalue weighted by Gasteiger charge is -2.09. The van der Waals surface area contributed by atoms with Gasteiger partial charge in [0.1, 0.15) is 11.4 Å². The van der Waals surface area contributed by atoms with Gasteiger partial charge in [-0.3, -0.25) is 0 Å². The molecule has 0 bridgehead atoms. The second-order valence-corrected chi connectivity index (χ2v) is 5.05. The highest BCUT2D eigenvalue weighted by molar-refractivity contribution is 5.93. The summed E-state index contributed by atoms with van der Waals surface area (Å²) in [5.41, 5.74) is 0.879. The number of methoxy groups -OCH3 is 2. The molecule has 1 N–H and O–H groups in total. The number of aromatic carboxylic acids is 1. The minimum absolute atomic E-state index is 0.0771. The van der Waals surface area contributed by atoms with Gasteiger partial charge in [0.25, 0.3) is 0 Å². The number of nitrogens with zero attached hydrogens (tertiary/aromatic N) is 3. The lowest BCUT2D eigenvalue weighted by molar-refractivity contribution is 0.0691. The maximum absolute atomic E-state index is 14.0. The summed E-state index contributed by atoms with van der Waals surface area (Å²) >= 11 is 0. The molecule has 0 atom stereocenters. The number of ether oxygens (including phenoxy) is 2. The van der Waals surface area contributed by atoms with E-state index in [4.69, 9.17) is 9.47 Å². The minimum atomic E-state index is -1.23. The van der Waals surface area contributed by atoms with E-state index in [0.29, 0.717) is 17.0 Å². The van der Waals surface area contributed by atoms with Crippen molar-refractivity contribution in [3.05, 3.63) is 54.0 Å². The summed E-state index contributed by atoms with van der Waals surface area (Å²) in [5.74, 6) is -1.12. The van der Waals surface area contributed by atoms with Crippen LogP contribution in [0.15, 0.2) is 42.5 Å². The van der Waals surface area contributed by atoms with Crippen molar-refractivity contribution in [2.75, 3.05) is 14.2 Å². The summed E-state index contributed by atoms with van der Waals surface area (Å²) < 4.78 is 25.3. The summed E-state index contributed by atoms with van der Waals surface area (Å²) in [6.07, 6.45) is 0. The molecule has 0 saturated carbocycles. The van der Waals surface area contributed by atoms with Crippen LogP contribution >= 0.6 is 0 Å². The molecule has 0 unspecified atom stereocenters. The molecule has 3 rings (SSSR count). The standard InChI is InChI=1S/C17H14FN3O4/c1-24-12-6-3-10(4-7-12)16-15(17(22)23)19-20-21(16)11-5-8-14(25-2)13(18)9-11/h3-9H,1-2H3,(H,22,23). The van der Waals surface area contributed by atoms with Crippen LogP contribution in [-0.2, 0) is 0 Å². The second kappa shape index (κ2) is 6.60. The molecule has 0 aliphatic heterocycles. The predicted molar refractivity (Wildman–Crippen MR) is 86.8 cm³/mol. The van der Waals surface area contributed by atoms with Crippen LogP contribution in [0.1, 0.15) is 10.5 Å². The van der Waals surface area contributed by atoms with Crippen LogP contribution < -0.4 is 9.47 Å². The highest BCUT2D eigenvalue weighted by Gasteiger charge is 2.22. The van der Waals surface area contributed by atoms with Crippen molar-refractivity contribution in [3.63, 3.8) is 0 Å². The number of aromatic nitrogens is 3. The normalized spacial score (nSPS) is 10.5. The average Bonchev–Trinajstić information content (AvgIpc) is 3.07. The number of carboxylic acids is 1. The molecule has 3 aromatic rings. The molecule has 1 aromatic heterocycles. The third-order valence-corrected chi connectivity index (χ3v) is 3.62. The van der Waals surface area contributed by atoms with Gasteiger partial charge in [0.2, 0.25) is 0 Å². The van der Waals surface area contributed by atoms with Crippen LogP contribution in [0, 0.1) is 5.82 Å². The highest BCUT2D eigenvalue weighted by Crippen LogP contribution is 2.28. The first kappa shape index (κ1) is 16.4. The summed E-state index contributed by atoms with van der Waals surface area (Å²) in [4.78, 5) is 11.5. The fraction of sp³-hybridized carbons (Fsp3) is 0.118. The van der Waals surface area contributed by atoms with Crippen molar-refractivity contribution in [1.82, 2.24) is 15.0 Å². The summed E-state index contributed by atoms with van der Waals surface area (Å²) in [6, 6.07) is 10.9. The molecule has 2 aromatic carbocycles. The molecular formula is C17H14FN3O4.